The van der Waals surface area contributed by atoms with Crippen LogP contribution in [0.1, 0.15) is 6.92 Å². The minimum absolute atomic E-state index is 0.0983. The summed E-state index contributed by atoms with van der Waals surface area (Å²) in [6, 6.07) is 8.59. The molecule has 0 aromatic heterocycles. The molecule has 2 atom stereocenters. The summed E-state index contributed by atoms with van der Waals surface area (Å²) in [4.78, 5) is 23.9. The second-order valence-corrected chi connectivity index (χ2v) is 6.94. The predicted molar refractivity (Wildman–Crippen MR) is 100 cm³/mol. The Morgan fingerprint density at radius 2 is 1.70 bits per heavy atom. The number of amides is 3. The summed E-state index contributed by atoms with van der Waals surface area (Å²) in [6.45, 7) is 1.44. The van der Waals surface area contributed by atoms with E-state index >= 15 is 0 Å². The fourth-order valence-electron chi connectivity index (χ4n) is 2.01. The average molecular weight is 395 g/mol. The van der Waals surface area contributed by atoms with E-state index in [0.29, 0.717) is 5.69 Å². The highest BCUT2D eigenvalue weighted by Crippen LogP contribution is 2.27. The van der Waals surface area contributed by atoms with Crippen molar-refractivity contribution in [2.45, 2.75) is 12.2 Å². The number of carbonyl (C=O) groups is 2. The summed E-state index contributed by atoms with van der Waals surface area (Å²) < 4.78 is 28.9. The van der Waals surface area contributed by atoms with E-state index in [1.165, 1.54) is 56.5 Å². The van der Waals surface area contributed by atoms with Crippen LogP contribution in [0.15, 0.2) is 42.5 Å². The van der Waals surface area contributed by atoms with E-state index in [2.05, 4.69) is 20.1 Å². The molecular formula is C17H18FN3O5S. The lowest BCUT2D eigenvalue weighted by atomic mass is 10.2. The molecule has 0 aliphatic carbocycles. The first-order valence-corrected chi connectivity index (χ1v) is 8.86. The first-order chi connectivity index (χ1) is 12.8. The normalized spacial score (nSPS) is 12.7. The van der Waals surface area contributed by atoms with Crippen LogP contribution in [0.5, 0.6) is 5.75 Å². The van der Waals surface area contributed by atoms with Crippen molar-refractivity contribution in [1.82, 2.24) is 0 Å². The maximum absolute atomic E-state index is 12.9. The van der Waals surface area contributed by atoms with Crippen molar-refractivity contribution in [1.29, 1.82) is 0 Å². The highest BCUT2D eigenvalue weighted by molar-refractivity contribution is 7.81. The van der Waals surface area contributed by atoms with Gasteiger partial charge in [-0.05, 0) is 43.3 Å². The molecule has 27 heavy (non-hydrogen) atoms. The Labute approximate surface area is 157 Å². The minimum Gasteiger partial charge on any atom is -0.506 e. The van der Waals surface area contributed by atoms with Gasteiger partial charge in [0.15, 0.2) is 11.1 Å². The van der Waals surface area contributed by atoms with Gasteiger partial charge in [-0.1, -0.05) is 0 Å². The quantitative estimate of drug-likeness (QED) is 0.561. The number of phenols is 1. The van der Waals surface area contributed by atoms with Crippen LogP contribution in [0.3, 0.4) is 0 Å². The van der Waals surface area contributed by atoms with Gasteiger partial charge in [0.25, 0.3) is 0 Å². The number of benzene rings is 2. The SMILES string of the molecule is COS(=O)C(C)C(=O)Nc1ccc(NC(=O)Nc2ccc(F)cc2)c(O)c1. The molecular weight excluding hydrogens is 377 g/mol. The molecule has 8 nitrogen and oxygen atoms in total. The fourth-order valence-corrected chi connectivity index (χ4v) is 2.53. The lowest BCUT2D eigenvalue weighted by Gasteiger charge is -2.13. The van der Waals surface area contributed by atoms with Gasteiger partial charge in [0.05, 0.1) is 12.8 Å². The van der Waals surface area contributed by atoms with Gasteiger partial charge in [0, 0.05) is 17.4 Å². The largest absolute Gasteiger partial charge is 0.506 e. The summed E-state index contributed by atoms with van der Waals surface area (Å²) >= 11 is -1.78. The van der Waals surface area contributed by atoms with Crippen molar-refractivity contribution >= 4 is 40.1 Å². The van der Waals surface area contributed by atoms with Crippen LogP contribution in [0.4, 0.5) is 26.2 Å². The van der Waals surface area contributed by atoms with Crippen LogP contribution in [0.25, 0.3) is 0 Å². The average Bonchev–Trinajstić information content (AvgIpc) is 2.64. The van der Waals surface area contributed by atoms with E-state index in [1.807, 2.05) is 0 Å². The molecule has 144 valence electrons. The second kappa shape index (κ2) is 9.10. The molecule has 0 heterocycles. The van der Waals surface area contributed by atoms with Gasteiger partial charge in [-0.15, -0.1) is 0 Å². The van der Waals surface area contributed by atoms with E-state index in [4.69, 9.17) is 0 Å². The van der Waals surface area contributed by atoms with Gasteiger partial charge in [0.2, 0.25) is 5.91 Å². The molecule has 0 radical (unpaired) electrons. The van der Waals surface area contributed by atoms with Crippen LogP contribution in [-0.2, 0) is 20.1 Å². The molecule has 0 fully saturated rings. The minimum atomic E-state index is -1.78. The Kier molecular flexibility index (Phi) is 6.85. The van der Waals surface area contributed by atoms with Crippen molar-refractivity contribution < 1.29 is 27.5 Å². The van der Waals surface area contributed by atoms with Gasteiger partial charge >= 0.3 is 6.03 Å². The van der Waals surface area contributed by atoms with Crippen LogP contribution in [-0.4, -0.2) is 33.6 Å². The number of aromatic hydroxyl groups is 1. The number of carbonyl (C=O) groups excluding carboxylic acids is 2. The number of phenolic OH excluding ortho intramolecular Hbond substituents is 1. The summed E-state index contributed by atoms with van der Waals surface area (Å²) in [5.41, 5.74) is 0.723. The fraction of sp³-hybridized carbons (Fsp3) is 0.176. The summed E-state index contributed by atoms with van der Waals surface area (Å²) in [5, 5.41) is 16.5. The Hall–Kier alpha value is -2.98. The van der Waals surface area contributed by atoms with Crippen molar-refractivity contribution in [2.24, 2.45) is 0 Å². The van der Waals surface area contributed by atoms with Crippen LogP contribution in [0.2, 0.25) is 0 Å². The van der Waals surface area contributed by atoms with Gasteiger partial charge in [-0.2, -0.15) is 0 Å². The number of nitrogens with one attached hydrogen (secondary N) is 3. The number of hydrogen-bond acceptors (Lipinski definition) is 5. The first kappa shape index (κ1) is 20.3. The third-order valence-electron chi connectivity index (χ3n) is 3.44. The third-order valence-corrected chi connectivity index (χ3v) is 4.56. The zero-order valence-electron chi connectivity index (χ0n) is 14.5. The van der Waals surface area contributed by atoms with Gasteiger partial charge in [-0.25, -0.2) is 13.4 Å². The maximum Gasteiger partial charge on any atom is 0.323 e. The lowest BCUT2D eigenvalue weighted by molar-refractivity contribution is -0.115. The third kappa shape index (κ3) is 5.76. The molecule has 0 aliphatic rings. The molecule has 2 rings (SSSR count). The summed E-state index contributed by atoms with van der Waals surface area (Å²) in [6.07, 6.45) is 0. The van der Waals surface area contributed by atoms with Gasteiger partial charge in [0.1, 0.15) is 16.8 Å². The Morgan fingerprint density at radius 3 is 2.30 bits per heavy atom. The lowest BCUT2D eigenvalue weighted by Crippen LogP contribution is -2.29. The molecule has 10 heteroatoms. The highest BCUT2D eigenvalue weighted by atomic mass is 32.2. The standard InChI is InChI=1S/C17H18FN3O5S/c1-10(27(25)26-2)16(23)19-13-7-8-14(15(22)9-13)21-17(24)20-12-5-3-11(18)4-6-12/h3-10,22H,1-2H3,(H,19,23)(H2,20,21,24). The van der Waals surface area contributed by atoms with Crippen molar-refractivity contribution in [3.8, 4) is 5.75 Å². The van der Waals surface area contributed by atoms with Crippen LogP contribution < -0.4 is 16.0 Å². The smallest absolute Gasteiger partial charge is 0.323 e. The van der Waals surface area contributed by atoms with Gasteiger partial charge in [-0.3, -0.25) is 8.98 Å². The molecule has 2 aromatic rings. The molecule has 0 saturated heterocycles. The van der Waals surface area contributed by atoms with Crippen LogP contribution in [0, 0.1) is 5.82 Å². The van der Waals surface area contributed by atoms with E-state index in [9.17, 15) is 23.3 Å². The Bertz CT molecular complexity index is 860. The molecule has 0 bridgehead atoms. The molecule has 4 N–H and O–H groups in total. The van der Waals surface area contributed by atoms with E-state index in [-0.39, 0.29) is 17.1 Å². The topological polar surface area (TPSA) is 117 Å². The second-order valence-electron chi connectivity index (χ2n) is 5.38. The van der Waals surface area contributed by atoms with E-state index in [1.54, 1.807) is 0 Å². The number of hydrogen-bond donors (Lipinski definition) is 4. The first-order valence-electron chi connectivity index (χ1n) is 7.72. The number of urea groups is 1. The highest BCUT2D eigenvalue weighted by Gasteiger charge is 2.20. The zero-order valence-corrected chi connectivity index (χ0v) is 15.3. The van der Waals surface area contributed by atoms with Crippen molar-refractivity contribution in [3.63, 3.8) is 0 Å². The number of anilines is 3. The molecule has 3 amide bonds. The number of halogens is 1. The Morgan fingerprint density at radius 1 is 1.07 bits per heavy atom. The van der Waals surface area contributed by atoms with Crippen LogP contribution >= 0.6 is 0 Å². The summed E-state index contributed by atoms with van der Waals surface area (Å²) in [7, 11) is 1.23. The van der Waals surface area contributed by atoms with Crippen molar-refractivity contribution in [3.05, 3.63) is 48.3 Å². The molecule has 2 unspecified atom stereocenters. The monoisotopic (exact) mass is 395 g/mol. The molecule has 2 aromatic carbocycles. The van der Waals surface area contributed by atoms with E-state index in [0.717, 1.165) is 0 Å². The molecule has 0 spiro atoms. The molecule has 0 aliphatic heterocycles. The predicted octanol–water partition coefficient (Wildman–Crippen LogP) is 2.81. The number of rotatable bonds is 6. The zero-order chi connectivity index (χ0) is 20.0. The van der Waals surface area contributed by atoms with Gasteiger partial charge < -0.3 is 21.1 Å². The Balaban J connectivity index is 1.99. The maximum atomic E-state index is 12.9. The summed E-state index contributed by atoms with van der Waals surface area (Å²) in [5.74, 6) is -1.27. The van der Waals surface area contributed by atoms with Crippen molar-refractivity contribution in [2.75, 3.05) is 23.1 Å². The molecule has 0 saturated carbocycles. The van der Waals surface area contributed by atoms with E-state index < -0.39 is 34.1 Å².